The molecule has 0 saturated heterocycles. The lowest BCUT2D eigenvalue weighted by atomic mass is 9.55. The van der Waals surface area contributed by atoms with Crippen LogP contribution in [-0.2, 0) is 0 Å². The minimum absolute atomic E-state index is 0.428. The van der Waals surface area contributed by atoms with Crippen LogP contribution in [0.3, 0.4) is 0 Å². The fourth-order valence-corrected chi connectivity index (χ4v) is 2.12. The van der Waals surface area contributed by atoms with Crippen molar-refractivity contribution >= 4 is 0 Å². The monoisotopic (exact) mass is 194 g/mol. The lowest BCUT2D eigenvalue weighted by molar-refractivity contribution is 0.0348. The minimum Gasteiger partial charge on any atom is -0.469 e. The van der Waals surface area contributed by atoms with Gasteiger partial charge in [0.25, 0.3) is 0 Å². The van der Waals surface area contributed by atoms with Crippen LogP contribution in [-0.4, -0.2) is 0 Å². The van der Waals surface area contributed by atoms with Crippen LogP contribution in [0.1, 0.15) is 52.7 Å². The first-order valence-electron chi connectivity index (χ1n) is 5.66. The van der Waals surface area contributed by atoms with E-state index in [0.29, 0.717) is 11.3 Å². The molecule has 1 saturated carbocycles. The fourth-order valence-electron chi connectivity index (χ4n) is 2.12. The molecule has 1 aliphatic carbocycles. The van der Waals surface area contributed by atoms with E-state index in [9.17, 15) is 0 Å². The van der Waals surface area contributed by atoms with E-state index in [1.54, 1.807) is 6.26 Å². The Labute approximate surface area is 87.5 Å². The number of rotatable bonds is 1. The molecule has 1 heteroatoms. The molecule has 1 fully saturated rings. The van der Waals surface area contributed by atoms with Crippen LogP contribution in [0.25, 0.3) is 0 Å². The summed E-state index contributed by atoms with van der Waals surface area (Å²) in [7, 11) is 0. The summed E-state index contributed by atoms with van der Waals surface area (Å²) < 4.78 is 5.42. The Morgan fingerprint density at radius 1 is 1.36 bits per heavy atom. The van der Waals surface area contributed by atoms with Crippen LogP contribution < -0.4 is 0 Å². The zero-order valence-electron chi connectivity index (χ0n) is 10.0. The van der Waals surface area contributed by atoms with Crippen LogP contribution in [0.15, 0.2) is 22.8 Å². The molecule has 1 nitrogen and oxygen atoms in total. The zero-order chi connectivity index (χ0) is 10.8. The van der Waals surface area contributed by atoms with Crippen molar-refractivity contribution in [1.82, 2.24) is 0 Å². The second kappa shape index (κ2) is 4.20. The highest BCUT2D eigenvalue weighted by atomic mass is 16.3. The second-order valence-corrected chi connectivity index (χ2v) is 4.53. The van der Waals surface area contributed by atoms with Crippen LogP contribution >= 0.6 is 0 Å². The number of furan rings is 1. The summed E-state index contributed by atoms with van der Waals surface area (Å²) >= 11 is 0. The first-order valence-corrected chi connectivity index (χ1v) is 5.66. The molecule has 2 unspecified atom stereocenters. The van der Waals surface area contributed by atoms with Crippen molar-refractivity contribution in [2.75, 3.05) is 0 Å². The Morgan fingerprint density at radius 2 is 2.00 bits per heavy atom. The van der Waals surface area contributed by atoms with Gasteiger partial charge in [-0.1, -0.05) is 34.6 Å². The van der Waals surface area contributed by atoms with Gasteiger partial charge in [0.15, 0.2) is 0 Å². The van der Waals surface area contributed by atoms with Gasteiger partial charge in [0.2, 0.25) is 0 Å². The Balaban J connectivity index is 0.000000461. The van der Waals surface area contributed by atoms with Crippen LogP contribution in [0.5, 0.6) is 0 Å². The molecule has 0 amide bonds. The van der Waals surface area contributed by atoms with Crippen LogP contribution in [0.2, 0.25) is 0 Å². The van der Waals surface area contributed by atoms with E-state index in [1.807, 2.05) is 19.9 Å². The largest absolute Gasteiger partial charge is 0.469 e. The van der Waals surface area contributed by atoms with Gasteiger partial charge in [0.05, 0.1) is 6.26 Å². The predicted octanol–water partition coefficient (Wildman–Crippen LogP) is 4.46. The van der Waals surface area contributed by atoms with Crippen LogP contribution in [0.4, 0.5) is 0 Å². The Hall–Kier alpha value is -0.720. The van der Waals surface area contributed by atoms with Gasteiger partial charge in [-0.2, -0.15) is 0 Å². The molecule has 1 aromatic heterocycles. The van der Waals surface area contributed by atoms with Crippen molar-refractivity contribution in [3.63, 3.8) is 0 Å². The highest BCUT2D eigenvalue weighted by Crippen LogP contribution is 2.56. The van der Waals surface area contributed by atoms with Gasteiger partial charge >= 0.3 is 0 Å². The average molecular weight is 194 g/mol. The third-order valence-electron chi connectivity index (χ3n) is 3.64. The second-order valence-electron chi connectivity index (χ2n) is 4.53. The maximum absolute atomic E-state index is 5.42. The quantitative estimate of drug-likeness (QED) is 0.643. The molecule has 0 radical (unpaired) electrons. The van der Waals surface area contributed by atoms with Gasteiger partial charge in [0.1, 0.15) is 5.76 Å². The highest BCUT2D eigenvalue weighted by molar-refractivity contribution is 5.15. The summed E-state index contributed by atoms with van der Waals surface area (Å²) in [5, 5.41) is 0. The molecule has 0 aromatic carbocycles. The molecule has 14 heavy (non-hydrogen) atoms. The van der Waals surface area contributed by atoms with E-state index < -0.39 is 0 Å². The molecule has 1 aromatic rings. The van der Waals surface area contributed by atoms with Crippen LogP contribution in [0, 0.1) is 11.3 Å². The molecule has 2 rings (SSSR count). The standard InChI is InChI=1S/C11H16O.C2H6/c1-8-7-9(11(8,2)3)10-5-4-6-12-10;1-2/h4-6,8-9H,7H2,1-3H3;1-2H3. The Bertz CT molecular complexity index is 259. The molecule has 1 heterocycles. The van der Waals surface area contributed by atoms with E-state index in [0.717, 1.165) is 11.7 Å². The maximum Gasteiger partial charge on any atom is 0.107 e. The van der Waals surface area contributed by atoms with E-state index in [4.69, 9.17) is 4.42 Å². The highest BCUT2D eigenvalue weighted by Gasteiger charge is 2.47. The SMILES string of the molecule is CC.CC1CC(c2ccco2)C1(C)C. The molecule has 2 atom stereocenters. The first kappa shape index (κ1) is 11.4. The first-order chi connectivity index (χ1) is 6.62. The normalized spacial score (nSPS) is 28.6. The Kier molecular flexibility index (Phi) is 3.41. The zero-order valence-corrected chi connectivity index (χ0v) is 10.0. The molecule has 1 aliphatic rings. The topological polar surface area (TPSA) is 13.1 Å². The smallest absolute Gasteiger partial charge is 0.107 e. The van der Waals surface area contributed by atoms with Crippen molar-refractivity contribution in [2.24, 2.45) is 11.3 Å². The lowest BCUT2D eigenvalue weighted by Gasteiger charge is -2.49. The van der Waals surface area contributed by atoms with Crippen molar-refractivity contribution in [1.29, 1.82) is 0 Å². The van der Waals surface area contributed by atoms with Gasteiger partial charge in [0, 0.05) is 5.92 Å². The number of hydrogen-bond donors (Lipinski definition) is 0. The average Bonchev–Trinajstić information content (AvgIpc) is 2.70. The summed E-state index contributed by atoms with van der Waals surface area (Å²) in [5.74, 6) is 2.63. The van der Waals surface area contributed by atoms with E-state index in [-0.39, 0.29) is 0 Å². The molecule has 0 spiro atoms. The third kappa shape index (κ3) is 1.73. The molecular weight excluding hydrogens is 172 g/mol. The van der Waals surface area contributed by atoms with E-state index >= 15 is 0 Å². The fraction of sp³-hybridized carbons (Fsp3) is 0.692. The molecule has 0 aliphatic heterocycles. The van der Waals surface area contributed by atoms with Gasteiger partial charge in [-0.25, -0.2) is 0 Å². The van der Waals surface area contributed by atoms with Crippen molar-refractivity contribution in [3.05, 3.63) is 24.2 Å². The summed E-state index contributed by atoms with van der Waals surface area (Å²) in [4.78, 5) is 0. The van der Waals surface area contributed by atoms with E-state index in [2.05, 4.69) is 26.8 Å². The van der Waals surface area contributed by atoms with Gasteiger partial charge in [-0.05, 0) is 29.9 Å². The van der Waals surface area contributed by atoms with E-state index in [1.165, 1.54) is 6.42 Å². The summed E-state index contributed by atoms with van der Waals surface area (Å²) in [6.45, 7) is 11.0. The molecule has 0 N–H and O–H groups in total. The van der Waals surface area contributed by atoms with Gasteiger partial charge < -0.3 is 4.42 Å². The molecule has 0 bridgehead atoms. The molecule has 80 valence electrons. The third-order valence-corrected chi connectivity index (χ3v) is 3.64. The maximum atomic E-state index is 5.42. The molecular formula is C13H22O. The van der Waals surface area contributed by atoms with Gasteiger partial charge in [-0.15, -0.1) is 0 Å². The van der Waals surface area contributed by atoms with Crippen molar-refractivity contribution < 1.29 is 4.42 Å². The summed E-state index contributed by atoms with van der Waals surface area (Å²) in [5.41, 5.74) is 0.428. The summed E-state index contributed by atoms with van der Waals surface area (Å²) in [6.07, 6.45) is 3.05. The van der Waals surface area contributed by atoms with Gasteiger partial charge in [-0.3, -0.25) is 0 Å². The predicted molar refractivity (Wildman–Crippen MR) is 60.4 cm³/mol. The Morgan fingerprint density at radius 3 is 2.36 bits per heavy atom. The van der Waals surface area contributed by atoms with Crippen molar-refractivity contribution in [2.45, 2.75) is 47.0 Å². The number of hydrogen-bond acceptors (Lipinski definition) is 1. The minimum atomic E-state index is 0.428. The lowest BCUT2D eigenvalue weighted by Crippen LogP contribution is -2.40. The van der Waals surface area contributed by atoms with Crippen molar-refractivity contribution in [3.8, 4) is 0 Å². The summed E-state index contributed by atoms with van der Waals surface area (Å²) in [6, 6.07) is 4.08.